The molecule has 45 heavy (non-hydrogen) atoms. The molecule has 1 fully saturated rings. The monoisotopic (exact) mass is 628 g/mol. The molecule has 0 radical (unpaired) electrons. The summed E-state index contributed by atoms with van der Waals surface area (Å²) in [5.74, 6) is 0.110. The first-order valence-electron chi connectivity index (χ1n) is 14.6. The van der Waals surface area contributed by atoms with Gasteiger partial charge in [-0.2, -0.15) is 0 Å². The van der Waals surface area contributed by atoms with Crippen molar-refractivity contribution in [3.8, 4) is 0 Å². The average Bonchev–Trinajstić information content (AvgIpc) is 3.08. The SMILES string of the molecule is COC(=O)[C@H](Cc1ccccc1)NC(=O)Nc1ccc([C@H]2O[C@@H](CSc3ncccn3)[C@@H](C)[C@@H](c3ccc(CO)cc3)O2)cc1. The van der Waals surface area contributed by atoms with E-state index in [1.165, 1.54) is 18.9 Å². The lowest BCUT2D eigenvalue weighted by Gasteiger charge is -2.41. The predicted octanol–water partition coefficient (Wildman–Crippen LogP) is 5.46. The van der Waals surface area contributed by atoms with Crippen LogP contribution in [0.3, 0.4) is 0 Å². The maximum absolute atomic E-state index is 12.8. The van der Waals surface area contributed by atoms with Crippen LogP contribution in [-0.2, 0) is 32.0 Å². The third-order valence-electron chi connectivity index (χ3n) is 7.56. The van der Waals surface area contributed by atoms with Gasteiger partial charge in [0.1, 0.15) is 6.04 Å². The highest BCUT2D eigenvalue weighted by atomic mass is 32.2. The summed E-state index contributed by atoms with van der Waals surface area (Å²) in [6, 6.07) is 24.8. The van der Waals surface area contributed by atoms with Gasteiger partial charge in [-0.3, -0.25) is 0 Å². The zero-order valence-corrected chi connectivity index (χ0v) is 25.9. The van der Waals surface area contributed by atoms with Gasteiger partial charge in [-0.25, -0.2) is 19.6 Å². The maximum atomic E-state index is 12.8. The Kier molecular flexibility index (Phi) is 11.2. The van der Waals surface area contributed by atoms with E-state index < -0.39 is 24.3 Å². The number of nitrogens with one attached hydrogen (secondary N) is 2. The van der Waals surface area contributed by atoms with Gasteiger partial charge in [0, 0.05) is 41.7 Å². The summed E-state index contributed by atoms with van der Waals surface area (Å²) < 4.78 is 17.9. The summed E-state index contributed by atoms with van der Waals surface area (Å²) in [6.07, 6.45) is 2.63. The lowest BCUT2D eigenvalue weighted by molar-refractivity contribution is -0.268. The summed E-state index contributed by atoms with van der Waals surface area (Å²) >= 11 is 1.53. The molecule has 2 amide bonds. The fourth-order valence-corrected chi connectivity index (χ4v) is 6.03. The molecule has 11 heteroatoms. The van der Waals surface area contributed by atoms with E-state index >= 15 is 0 Å². The van der Waals surface area contributed by atoms with Gasteiger partial charge in [0.15, 0.2) is 11.4 Å². The summed E-state index contributed by atoms with van der Waals surface area (Å²) in [7, 11) is 1.29. The number of ether oxygens (including phenoxy) is 3. The molecule has 1 aromatic heterocycles. The second kappa shape index (κ2) is 15.6. The Labute approximate surface area is 266 Å². The number of anilines is 1. The zero-order valence-electron chi connectivity index (χ0n) is 25.0. The Morgan fingerprint density at radius 1 is 0.911 bits per heavy atom. The number of nitrogens with zero attached hydrogens (tertiary/aromatic N) is 2. The Morgan fingerprint density at radius 3 is 2.27 bits per heavy atom. The van der Waals surface area contributed by atoms with Crippen LogP contribution in [0.2, 0.25) is 0 Å². The topological polar surface area (TPSA) is 132 Å². The molecule has 0 aliphatic carbocycles. The molecule has 10 nitrogen and oxygen atoms in total. The maximum Gasteiger partial charge on any atom is 0.328 e. The van der Waals surface area contributed by atoms with Crippen LogP contribution in [0.4, 0.5) is 10.5 Å². The van der Waals surface area contributed by atoms with Gasteiger partial charge >= 0.3 is 12.0 Å². The van der Waals surface area contributed by atoms with E-state index in [4.69, 9.17) is 14.2 Å². The first kappa shape index (κ1) is 32.1. The summed E-state index contributed by atoms with van der Waals surface area (Å²) in [6.45, 7) is 2.07. The van der Waals surface area contributed by atoms with Gasteiger partial charge in [-0.05, 0) is 34.9 Å². The van der Waals surface area contributed by atoms with E-state index in [0.717, 1.165) is 22.3 Å². The Balaban J connectivity index is 1.27. The fraction of sp³-hybridized carbons (Fsp3) is 0.294. The number of carbonyl (C=O) groups is 2. The van der Waals surface area contributed by atoms with Crippen molar-refractivity contribution in [1.82, 2.24) is 15.3 Å². The molecule has 0 unspecified atom stereocenters. The Morgan fingerprint density at radius 2 is 1.60 bits per heavy atom. The number of aliphatic hydroxyl groups excluding tert-OH is 1. The van der Waals surface area contributed by atoms with E-state index in [1.807, 2.05) is 66.7 Å². The second-order valence-corrected chi connectivity index (χ2v) is 11.6. The minimum atomic E-state index is -0.845. The van der Waals surface area contributed by atoms with Crippen LogP contribution in [-0.4, -0.2) is 52.1 Å². The van der Waals surface area contributed by atoms with E-state index in [9.17, 15) is 14.7 Å². The molecule has 1 aliphatic rings. The van der Waals surface area contributed by atoms with Gasteiger partial charge < -0.3 is 30.0 Å². The van der Waals surface area contributed by atoms with Crippen molar-refractivity contribution in [3.05, 3.63) is 120 Å². The molecule has 2 heterocycles. The van der Waals surface area contributed by atoms with Crippen LogP contribution in [0.25, 0.3) is 0 Å². The minimum Gasteiger partial charge on any atom is -0.467 e. The molecule has 5 rings (SSSR count). The van der Waals surface area contributed by atoms with Gasteiger partial charge in [-0.15, -0.1) is 0 Å². The summed E-state index contributed by atoms with van der Waals surface area (Å²) in [5.41, 5.74) is 4.04. The molecule has 234 valence electrons. The number of rotatable bonds is 11. The quantitative estimate of drug-likeness (QED) is 0.113. The first-order chi connectivity index (χ1) is 21.9. The number of carbonyl (C=O) groups excluding carboxylic acids is 2. The van der Waals surface area contributed by atoms with E-state index in [2.05, 4.69) is 27.5 Å². The molecule has 1 saturated heterocycles. The average molecular weight is 629 g/mol. The summed E-state index contributed by atoms with van der Waals surface area (Å²) in [4.78, 5) is 33.8. The predicted molar refractivity (Wildman–Crippen MR) is 170 cm³/mol. The van der Waals surface area contributed by atoms with Crippen LogP contribution in [0.1, 0.15) is 41.6 Å². The van der Waals surface area contributed by atoms with E-state index in [1.54, 1.807) is 30.6 Å². The number of thioether (sulfide) groups is 1. The molecule has 4 aromatic rings. The highest BCUT2D eigenvalue weighted by Gasteiger charge is 2.38. The van der Waals surface area contributed by atoms with Gasteiger partial charge in [0.25, 0.3) is 0 Å². The Hall–Kier alpha value is -4.29. The first-order valence-corrected chi connectivity index (χ1v) is 15.6. The molecule has 5 atom stereocenters. The zero-order chi connectivity index (χ0) is 31.6. The lowest BCUT2D eigenvalue weighted by Crippen LogP contribution is -2.45. The van der Waals surface area contributed by atoms with Crippen molar-refractivity contribution in [2.24, 2.45) is 5.92 Å². The molecular formula is C34H36N4O6S. The summed E-state index contributed by atoms with van der Waals surface area (Å²) in [5, 5.41) is 15.7. The number of benzene rings is 3. The van der Waals surface area contributed by atoms with Crippen molar-refractivity contribution < 1.29 is 28.9 Å². The number of methoxy groups -OCH3 is 1. The van der Waals surface area contributed by atoms with Crippen LogP contribution in [0.15, 0.2) is 102 Å². The van der Waals surface area contributed by atoms with Crippen LogP contribution in [0.5, 0.6) is 0 Å². The smallest absolute Gasteiger partial charge is 0.328 e. The minimum absolute atomic E-state index is 0.0146. The van der Waals surface area contributed by atoms with Crippen molar-refractivity contribution in [1.29, 1.82) is 0 Å². The van der Waals surface area contributed by atoms with Crippen molar-refractivity contribution in [2.75, 3.05) is 18.2 Å². The largest absolute Gasteiger partial charge is 0.467 e. The molecule has 3 aromatic carbocycles. The van der Waals surface area contributed by atoms with E-state index in [-0.39, 0.29) is 24.7 Å². The fourth-order valence-electron chi connectivity index (χ4n) is 5.06. The van der Waals surface area contributed by atoms with Crippen LogP contribution >= 0.6 is 11.8 Å². The van der Waals surface area contributed by atoms with Crippen LogP contribution in [0, 0.1) is 5.92 Å². The number of hydrogen-bond donors (Lipinski definition) is 3. The lowest BCUT2D eigenvalue weighted by atomic mass is 9.91. The van der Waals surface area contributed by atoms with Gasteiger partial charge in [0.2, 0.25) is 0 Å². The van der Waals surface area contributed by atoms with Crippen LogP contribution < -0.4 is 10.6 Å². The van der Waals surface area contributed by atoms with Crippen molar-refractivity contribution in [3.63, 3.8) is 0 Å². The Bertz CT molecular complexity index is 1530. The molecule has 0 saturated carbocycles. The van der Waals surface area contributed by atoms with Crippen molar-refractivity contribution >= 4 is 29.4 Å². The molecule has 0 bridgehead atoms. The van der Waals surface area contributed by atoms with Gasteiger partial charge in [0.05, 0.1) is 25.9 Å². The van der Waals surface area contributed by atoms with Gasteiger partial charge in [-0.1, -0.05) is 85.4 Å². The number of esters is 1. The highest BCUT2D eigenvalue weighted by Crippen LogP contribution is 2.43. The standard InChI is InChI=1S/C34H36N4O6S/c1-22-29(21-45-34-35-17-6-18-36-34)43-32(44-30(22)25-11-9-24(20-39)10-12-25)26-13-15-27(16-14-26)37-33(41)38-28(31(40)42-2)19-23-7-4-3-5-8-23/h3-18,22,28-30,32,39H,19-21H2,1-2H3,(H2,37,38,41)/t22-,28+,29+,30+,32+/m1/s1. The number of aliphatic hydroxyl groups is 1. The third kappa shape index (κ3) is 8.67. The molecular weight excluding hydrogens is 592 g/mol. The van der Waals surface area contributed by atoms with Crippen molar-refractivity contribution in [2.45, 2.75) is 49.6 Å². The molecule has 0 spiro atoms. The number of urea groups is 1. The number of aromatic nitrogens is 2. The molecule has 1 aliphatic heterocycles. The molecule has 3 N–H and O–H groups in total. The third-order valence-corrected chi connectivity index (χ3v) is 8.52. The van der Waals surface area contributed by atoms with E-state index in [0.29, 0.717) is 23.0 Å². The second-order valence-electron chi connectivity index (χ2n) is 10.7. The number of amides is 2. The highest BCUT2D eigenvalue weighted by molar-refractivity contribution is 7.99. The normalized spacial score (nSPS) is 20.2. The number of hydrogen-bond acceptors (Lipinski definition) is 9.